The molecule has 3 nitrogen and oxygen atoms in total. The summed E-state index contributed by atoms with van der Waals surface area (Å²) in [4.78, 5) is 12.0. The number of ketones is 1. The Morgan fingerprint density at radius 2 is 2.12 bits per heavy atom. The molecule has 0 bridgehead atoms. The van der Waals surface area contributed by atoms with E-state index in [4.69, 9.17) is 9.47 Å². The molecule has 0 saturated carbocycles. The van der Waals surface area contributed by atoms with E-state index in [1.807, 2.05) is 0 Å². The second kappa shape index (κ2) is 6.08. The molecule has 1 rings (SSSR count). The maximum Gasteiger partial charge on any atom is 0.183 e. The molecule has 0 unspecified atom stereocenters. The van der Waals surface area contributed by atoms with E-state index in [0.717, 1.165) is 0 Å². The van der Waals surface area contributed by atoms with Gasteiger partial charge in [0.15, 0.2) is 5.78 Å². The standard InChI is InChI=1S/C12H14BFO3/c1-16-8-3-4-9(11(7-8)17-2)12(15)10(13)5-6-14/h3-5,7H,6,13H2,1-2H3/b10-5-. The van der Waals surface area contributed by atoms with E-state index in [0.29, 0.717) is 22.5 Å². The van der Waals surface area contributed by atoms with Crippen molar-refractivity contribution in [1.29, 1.82) is 0 Å². The summed E-state index contributed by atoms with van der Waals surface area (Å²) in [6, 6.07) is 4.89. The van der Waals surface area contributed by atoms with Gasteiger partial charge in [-0.2, -0.15) is 0 Å². The molecule has 0 amide bonds. The zero-order valence-corrected chi connectivity index (χ0v) is 10.1. The normalized spacial score (nSPS) is 11.1. The molecule has 5 heteroatoms. The third-order valence-corrected chi connectivity index (χ3v) is 2.39. The van der Waals surface area contributed by atoms with Crippen molar-refractivity contribution in [3.63, 3.8) is 0 Å². The lowest BCUT2D eigenvalue weighted by Crippen LogP contribution is -2.06. The Labute approximate surface area is 101 Å². The fourth-order valence-corrected chi connectivity index (χ4v) is 1.41. The van der Waals surface area contributed by atoms with E-state index in [1.165, 1.54) is 20.3 Å². The number of hydrogen-bond donors (Lipinski definition) is 0. The number of benzene rings is 1. The Kier molecular flexibility index (Phi) is 4.76. The van der Waals surface area contributed by atoms with E-state index < -0.39 is 6.67 Å². The van der Waals surface area contributed by atoms with Gasteiger partial charge in [-0.1, -0.05) is 6.08 Å². The van der Waals surface area contributed by atoms with Crippen LogP contribution in [0.2, 0.25) is 0 Å². The lowest BCUT2D eigenvalue weighted by molar-refractivity contribution is 0.103. The first kappa shape index (κ1) is 13.3. The highest BCUT2D eigenvalue weighted by atomic mass is 19.1. The van der Waals surface area contributed by atoms with Crippen LogP contribution in [0, 0.1) is 0 Å². The summed E-state index contributed by atoms with van der Waals surface area (Å²) >= 11 is 0. The maximum absolute atomic E-state index is 12.1. The minimum Gasteiger partial charge on any atom is -0.497 e. The Morgan fingerprint density at radius 1 is 1.41 bits per heavy atom. The molecule has 90 valence electrons. The number of methoxy groups -OCH3 is 2. The number of rotatable bonds is 5. The molecular formula is C12H14BFO3. The molecule has 1 aromatic carbocycles. The minimum absolute atomic E-state index is 0.248. The number of allylic oxidation sites excluding steroid dienone is 2. The fraction of sp³-hybridized carbons (Fsp3) is 0.250. The van der Waals surface area contributed by atoms with Gasteiger partial charge < -0.3 is 9.47 Å². The van der Waals surface area contributed by atoms with Crippen LogP contribution in [0.3, 0.4) is 0 Å². The first-order valence-electron chi connectivity index (χ1n) is 5.13. The Hall–Kier alpha value is -1.78. The highest BCUT2D eigenvalue weighted by Crippen LogP contribution is 2.26. The van der Waals surface area contributed by atoms with Gasteiger partial charge in [0.05, 0.1) is 19.8 Å². The SMILES string of the molecule is B/C(=C\CF)C(=O)c1ccc(OC)cc1OC. The van der Waals surface area contributed by atoms with Gasteiger partial charge in [0.2, 0.25) is 0 Å². The topological polar surface area (TPSA) is 35.5 Å². The highest BCUT2D eigenvalue weighted by Gasteiger charge is 2.14. The average molecular weight is 236 g/mol. The lowest BCUT2D eigenvalue weighted by atomic mass is 9.87. The van der Waals surface area contributed by atoms with Crippen LogP contribution in [-0.2, 0) is 0 Å². The van der Waals surface area contributed by atoms with E-state index in [9.17, 15) is 9.18 Å². The van der Waals surface area contributed by atoms with Crippen molar-refractivity contribution in [3.8, 4) is 11.5 Å². The van der Waals surface area contributed by atoms with Crippen molar-refractivity contribution < 1.29 is 18.7 Å². The van der Waals surface area contributed by atoms with Crippen molar-refractivity contribution in [1.82, 2.24) is 0 Å². The highest BCUT2D eigenvalue weighted by molar-refractivity contribution is 6.40. The first-order valence-corrected chi connectivity index (χ1v) is 5.13. The van der Waals surface area contributed by atoms with E-state index >= 15 is 0 Å². The number of alkyl halides is 1. The molecule has 0 heterocycles. The monoisotopic (exact) mass is 236 g/mol. The second-order valence-electron chi connectivity index (χ2n) is 3.44. The van der Waals surface area contributed by atoms with Crippen molar-refractivity contribution in [2.75, 3.05) is 20.9 Å². The van der Waals surface area contributed by atoms with Crippen molar-refractivity contribution in [3.05, 3.63) is 35.3 Å². The number of hydrogen-bond acceptors (Lipinski definition) is 3. The molecule has 0 radical (unpaired) electrons. The summed E-state index contributed by atoms with van der Waals surface area (Å²) in [7, 11) is 4.58. The summed E-state index contributed by atoms with van der Waals surface area (Å²) in [5, 5.41) is 0. The largest absolute Gasteiger partial charge is 0.497 e. The van der Waals surface area contributed by atoms with Crippen LogP contribution in [0.1, 0.15) is 10.4 Å². The molecule has 0 aliphatic heterocycles. The summed E-state index contributed by atoms with van der Waals surface area (Å²) in [6.45, 7) is -0.657. The number of halogens is 1. The predicted octanol–water partition coefficient (Wildman–Crippen LogP) is 1.37. The van der Waals surface area contributed by atoms with Crippen LogP contribution >= 0.6 is 0 Å². The van der Waals surface area contributed by atoms with Gasteiger partial charge >= 0.3 is 0 Å². The van der Waals surface area contributed by atoms with E-state index in [-0.39, 0.29) is 5.78 Å². The van der Waals surface area contributed by atoms with Gasteiger partial charge in [-0.25, -0.2) is 4.39 Å². The minimum atomic E-state index is -0.657. The Balaban J connectivity index is 3.13. The van der Waals surface area contributed by atoms with Gasteiger partial charge in [0.25, 0.3) is 0 Å². The number of Topliss-reactive ketones (excluding diaryl/α,β-unsaturated/α-hetero) is 1. The van der Waals surface area contributed by atoms with E-state index in [2.05, 4.69) is 0 Å². The fourth-order valence-electron chi connectivity index (χ4n) is 1.41. The molecule has 1 aromatic rings. The lowest BCUT2D eigenvalue weighted by Gasteiger charge is -2.09. The molecule has 0 N–H and O–H groups in total. The van der Waals surface area contributed by atoms with Gasteiger partial charge in [-0.3, -0.25) is 4.79 Å². The molecule has 0 saturated heterocycles. The molecule has 0 aliphatic carbocycles. The third-order valence-electron chi connectivity index (χ3n) is 2.39. The molecular weight excluding hydrogens is 222 g/mol. The quantitative estimate of drug-likeness (QED) is 0.440. The Bertz CT molecular complexity index is 443. The second-order valence-corrected chi connectivity index (χ2v) is 3.44. The van der Waals surface area contributed by atoms with Gasteiger partial charge in [-0.05, 0) is 17.6 Å². The number of carbonyl (C=O) groups is 1. The van der Waals surface area contributed by atoms with Crippen LogP contribution in [0.5, 0.6) is 11.5 Å². The van der Waals surface area contributed by atoms with Crippen LogP contribution < -0.4 is 9.47 Å². The van der Waals surface area contributed by atoms with E-state index in [1.54, 1.807) is 26.0 Å². The molecule has 17 heavy (non-hydrogen) atoms. The Morgan fingerprint density at radius 3 is 2.65 bits per heavy atom. The number of ether oxygens (including phenoxy) is 2. The van der Waals surface area contributed by atoms with Gasteiger partial charge in [-0.15, -0.1) is 0 Å². The van der Waals surface area contributed by atoms with Crippen molar-refractivity contribution in [2.24, 2.45) is 0 Å². The zero-order valence-electron chi connectivity index (χ0n) is 10.1. The average Bonchev–Trinajstić information content (AvgIpc) is 2.37. The van der Waals surface area contributed by atoms with Crippen LogP contribution in [0.25, 0.3) is 0 Å². The van der Waals surface area contributed by atoms with Gasteiger partial charge in [0, 0.05) is 6.07 Å². The van der Waals surface area contributed by atoms with Crippen LogP contribution in [-0.4, -0.2) is 34.5 Å². The third kappa shape index (κ3) is 3.09. The van der Waals surface area contributed by atoms with Crippen molar-refractivity contribution in [2.45, 2.75) is 0 Å². The summed E-state index contributed by atoms with van der Waals surface area (Å²) in [5.74, 6) is 0.772. The summed E-state index contributed by atoms with van der Waals surface area (Å²) in [6.07, 6.45) is 1.24. The molecule has 0 spiro atoms. The zero-order chi connectivity index (χ0) is 12.8. The molecule has 0 atom stereocenters. The molecule has 0 aromatic heterocycles. The predicted molar refractivity (Wildman–Crippen MR) is 66.5 cm³/mol. The number of carbonyl (C=O) groups excluding carboxylic acids is 1. The first-order chi connectivity index (χ1) is 8.13. The molecule has 0 aliphatic rings. The van der Waals surface area contributed by atoms with Gasteiger partial charge in [0.1, 0.15) is 26.0 Å². The van der Waals surface area contributed by atoms with Crippen LogP contribution in [0.15, 0.2) is 29.7 Å². The summed E-state index contributed by atoms with van der Waals surface area (Å²) in [5.41, 5.74) is 0.756. The summed E-state index contributed by atoms with van der Waals surface area (Å²) < 4.78 is 22.3. The van der Waals surface area contributed by atoms with Crippen molar-refractivity contribution >= 4 is 13.6 Å². The maximum atomic E-state index is 12.1. The molecule has 0 fully saturated rings. The smallest absolute Gasteiger partial charge is 0.183 e. The van der Waals surface area contributed by atoms with Crippen LogP contribution in [0.4, 0.5) is 4.39 Å².